The first kappa shape index (κ1) is 18.8. The summed E-state index contributed by atoms with van der Waals surface area (Å²) in [4.78, 5) is 35.1. The van der Waals surface area contributed by atoms with Gasteiger partial charge in [0.15, 0.2) is 6.61 Å². The van der Waals surface area contributed by atoms with Gasteiger partial charge in [0.1, 0.15) is 11.5 Å². The number of carbonyl (C=O) groups is 3. The molecule has 2 aromatic carbocycles. The molecule has 0 saturated carbocycles. The maximum absolute atomic E-state index is 12.1. The minimum atomic E-state index is -0.599. The van der Waals surface area contributed by atoms with Crippen LogP contribution in [-0.4, -0.2) is 38.6 Å². The van der Waals surface area contributed by atoms with Crippen LogP contribution in [0.4, 0.5) is 5.69 Å². The van der Waals surface area contributed by atoms with E-state index in [2.05, 4.69) is 5.32 Å². The van der Waals surface area contributed by atoms with Gasteiger partial charge in [-0.3, -0.25) is 9.59 Å². The number of amides is 2. The molecule has 8 nitrogen and oxygen atoms in total. The highest BCUT2D eigenvalue weighted by molar-refractivity contribution is 6.02. The van der Waals surface area contributed by atoms with Gasteiger partial charge in [-0.25, -0.2) is 4.79 Å². The molecule has 26 heavy (non-hydrogen) atoms. The second kappa shape index (κ2) is 8.52. The van der Waals surface area contributed by atoms with Gasteiger partial charge in [-0.1, -0.05) is 6.07 Å². The lowest BCUT2D eigenvalue weighted by Crippen LogP contribution is -2.22. The van der Waals surface area contributed by atoms with E-state index in [1.165, 1.54) is 38.5 Å². The smallest absolute Gasteiger partial charge is 0.339 e. The third kappa shape index (κ3) is 4.73. The maximum Gasteiger partial charge on any atom is 0.339 e. The van der Waals surface area contributed by atoms with Crippen LogP contribution in [-0.2, 0) is 9.53 Å². The Bertz CT molecular complexity index is 834. The number of nitrogens with two attached hydrogens (primary N) is 1. The van der Waals surface area contributed by atoms with Crippen molar-refractivity contribution in [1.82, 2.24) is 0 Å². The zero-order chi connectivity index (χ0) is 19.1. The average Bonchev–Trinajstić information content (AvgIpc) is 2.65. The number of esters is 1. The number of primary amides is 1. The van der Waals surface area contributed by atoms with Crippen molar-refractivity contribution in [3.63, 3.8) is 0 Å². The summed E-state index contributed by atoms with van der Waals surface area (Å²) < 4.78 is 15.1. The van der Waals surface area contributed by atoms with Crippen LogP contribution in [0, 0.1) is 0 Å². The van der Waals surface area contributed by atoms with Crippen molar-refractivity contribution in [3.8, 4) is 11.5 Å². The van der Waals surface area contributed by atoms with E-state index in [-0.39, 0.29) is 23.4 Å². The summed E-state index contributed by atoms with van der Waals surface area (Å²) in [6.07, 6.45) is 0. The Morgan fingerprint density at radius 3 is 2.46 bits per heavy atom. The first-order valence-corrected chi connectivity index (χ1v) is 7.53. The number of ether oxygens (including phenoxy) is 3. The molecule has 136 valence electrons. The normalized spacial score (nSPS) is 9.92. The van der Waals surface area contributed by atoms with Crippen LogP contribution in [0.3, 0.4) is 0 Å². The second-order valence-electron chi connectivity index (χ2n) is 5.13. The molecule has 8 heteroatoms. The lowest BCUT2D eigenvalue weighted by Gasteiger charge is -2.12. The van der Waals surface area contributed by atoms with Gasteiger partial charge in [0.05, 0.1) is 25.5 Å². The number of benzene rings is 2. The molecule has 2 rings (SSSR count). The first-order valence-electron chi connectivity index (χ1n) is 7.53. The minimum Gasteiger partial charge on any atom is -0.497 e. The van der Waals surface area contributed by atoms with Crippen molar-refractivity contribution >= 4 is 23.5 Å². The quantitative estimate of drug-likeness (QED) is 0.726. The molecule has 0 heterocycles. The fourth-order valence-electron chi connectivity index (χ4n) is 2.12. The third-order valence-electron chi connectivity index (χ3n) is 3.39. The molecule has 2 aromatic rings. The molecule has 0 radical (unpaired) electrons. The summed E-state index contributed by atoms with van der Waals surface area (Å²) in [5, 5.41) is 2.57. The van der Waals surface area contributed by atoms with Crippen molar-refractivity contribution in [2.75, 3.05) is 26.1 Å². The van der Waals surface area contributed by atoms with Gasteiger partial charge in [-0.05, 0) is 30.3 Å². The van der Waals surface area contributed by atoms with E-state index in [1.807, 2.05) is 0 Å². The largest absolute Gasteiger partial charge is 0.497 e. The van der Waals surface area contributed by atoms with Crippen molar-refractivity contribution < 1.29 is 28.6 Å². The standard InChI is InChI=1S/C18H18N2O6/c1-24-12-6-7-14(18(23)25-2)15(9-12)20-16(21)10-26-13-5-3-4-11(8-13)17(19)22/h3-9H,10H2,1-2H3,(H2,19,22)(H,20,21). The molecule has 2 amide bonds. The summed E-state index contributed by atoms with van der Waals surface area (Å²) in [5.41, 5.74) is 5.87. The van der Waals surface area contributed by atoms with Crippen LogP contribution >= 0.6 is 0 Å². The molecule has 0 aliphatic rings. The summed E-state index contributed by atoms with van der Waals surface area (Å²) >= 11 is 0. The van der Waals surface area contributed by atoms with Gasteiger partial charge in [0, 0.05) is 11.6 Å². The van der Waals surface area contributed by atoms with Gasteiger partial charge in [-0.2, -0.15) is 0 Å². The van der Waals surface area contributed by atoms with Gasteiger partial charge >= 0.3 is 5.97 Å². The van der Waals surface area contributed by atoms with Crippen molar-refractivity contribution in [2.24, 2.45) is 5.73 Å². The molecule has 0 aromatic heterocycles. The average molecular weight is 358 g/mol. The highest BCUT2D eigenvalue weighted by Crippen LogP contribution is 2.23. The van der Waals surface area contributed by atoms with E-state index < -0.39 is 17.8 Å². The highest BCUT2D eigenvalue weighted by atomic mass is 16.5. The van der Waals surface area contributed by atoms with Gasteiger partial charge < -0.3 is 25.3 Å². The number of carbonyl (C=O) groups excluding carboxylic acids is 3. The van der Waals surface area contributed by atoms with E-state index in [0.29, 0.717) is 11.5 Å². The summed E-state index contributed by atoms with van der Waals surface area (Å²) in [6.45, 7) is -0.333. The minimum absolute atomic E-state index is 0.178. The lowest BCUT2D eigenvalue weighted by molar-refractivity contribution is -0.118. The third-order valence-corrected chi connectivity index (χ3v) is 3.39. The van der Waals surface area contributed by atoms with Gasteiger partial charge in [-0.15, -0.1) is 0 Å². The topological polar surface area (TPSA) is 117 Å². The summed E-state index contributed by atoms with van der Waals surface area (Å²) in [6, 6.07) is 10.7. The monoisotopic (exact) mass is 358 g/mol. The Balaban J connectivity index is 2.08. The molecule has 0 bridgehead atoms. The van der Waals surface area contributed by atoms with Crippen LogP contribution < -0.4 is 20.5 Å². The Hall–Kier alpha value is -3.55. The Kier molecular flexibility index (Phi) is 6.15. The zero-order valence-electron chi connectivity index (χ0n) is 14.3. The zero-order valence-corrected chi connectivity index (χ0v) is 14.3. The first-order chi connectivity index (χ1) is 12.4. The molecule has 3 N–H and O–H groups in total. The van der Waals surface area contributed by atoms with Crippen LogP contribution in [0.15, 0.2) is 42.5 Å². The van der Waals surface area contributed by atoms with Crippen LogP contribution in [0.2, 0.25) is 0 Å². The number of hydrogen-bond donors (Lipinski definition) is 2. The van der Waals surface area contributed by atoms with Gasteiger partial charge in [0.25, 0.3) is 5.91 Å². The number of anilines is 1. The molecular formula is C18H18N2O6. The van der Waals surface area contributed by atoms with Crippen LogP contribution in [0.25, 0.3) is 0 Å². The summed E-state index contributed by atoms with van der Waals surface area (Å²) in [7, 11) is 2.71. The van der Waals surface area contributed by atoms with Crippen molar-refractivity contribution in [3.05, 3.63) is 53.6 Å². The Morgan fingerprint density at radius 2 is 1.81 bits per heavy atom. The summed E-state index contributed by atoms with van der Waals surface area (Å²) in [5.74, 6) is -0.928. The van der Waals surface area contributed by atoms with Crippen molar-refractivity contribution in [1.29, 1.82) is 0 Å². The lowest BCUT2D eigenvalue weighted by atomic mass is 10.1. The number of methoxy groups -OCH3 is 2. The predicted octanol–water partition coefficient (Wildman–Crippen LogP) is 1.60. The highest BCUT2D eigenvalue weighted by Gasteiger charge is 2.15. The van der Waals surface area contributed by atoms with E-state index in [0.717, 1.165) is 0 Å². The molecule has 0 fully saturated rings. The van der Waals surface area contributed by atoms with E-state index in [1.54, 1.807) is 18.2 Å². The Labute approximate surface area is 149 Å². The maximum atomic E-state index is 12.1. The fraction of sp³-hybridized carbons (Fsp3) is 0.167. The van der Waals surface area contributed by atoms with Crippen molar-refractivity contribution in [2.45, 2.75) is 0 Å². The predicted molar refractivity (Wildman–Crippen MR) is 93.4 cm³/mol. The molecule has 0 spiro atoms. The molecule has 0 aliphatic carbocycles. The number of nitrogens with one attached hydrogen (secondary N) is 1. The second-order valence-corrected chi connectivity index (χ2v) is 5.13. The SMILES string of the molecule is COC(=O)c1ccc(OC)cc1NC(=O)COc1cccc(C(N)=O)c1. The van der Waals surface area contributed by atoms with Crippen LogP contribution in [0.1, 0.15) is 20.7 Å². The molecular weight excluding hydrogens is 340 g/mol. The number of hydrogen-bond acceptors (Lipinski definition) is 6. The molecule has 0 saturated heterocycles. The fourth-order valence-corrected chi connectivity index (χ4v) is 2.12. The molecule has 0 unspecified atom stereocenters. The van der Waals surface area contributed by atoms with E-state index >= 15 is 0 Å². The van der Waals surface area contributed by atoms with E-state index in [4.69, 9.17) is 19.9 Å². The molecule has 0 atom stereocenters. The molecule has 0 aliphatic heterocycles. The van der Waals surface area contributed by atoms with Crippen LogP contribution in [0.5, 0.6) is 11.5 Å². The number of rotatable bonds is 7. The van der Waals surface area contributed by atoms with E-state index in [9.17, 15) is 14.4 Å². The van der Waals surface area contributed by atoms with Gasteiger partial charge in [0.2, 0.25) is 5.91 Å². The Morgan fingerprint density at radius 1 is 1.04 bits per heavy atom.